The van der Waals surface area contributed by atoms with Gasteiger partial charge in [-0.25, -0.2) is 9.18 Å². The van der Waals surface area contributed by atoms with Gasteiger partial charge in [0.25, 0.3) is 0 Å². The van der Waals surface area contributed by atoms with Crippen LogP contribution in [-0.4, -0.2) is 17.7 Å². The van der Waals surface area contributed by atoms with Crippen LogP contribution in [0.4, 0.5) is 14.9 Å². The molecule has 0 saturated heterocycles. The topological polar surface area (TPSA) is 61.4 Å². The first-order valence-electron chi connectivity index (χ1n) is 7.02. The van der Waals surface area contributed by atoms with Crippen LogP contribution in [0.5, 0.6) is 0 Å². The van der Waals surface area contributed by atoms with Crippen LogP contribution >= 0.6 is 0 Å². The number of urea groups is 1. The second-order valence-electron chi connectivity index (χ2n) is 5.17. The monoisotopic (exact) mass is 302 g/mol. The smallest absolute Gasteiger partial charge is 0.319 e. The standard InChI is InChI=1S/C17H19FN2O2/c1-11-5-3-4-6-14(11)16(21)10-19-17(22)20-13-8-7-12(2)15(18)9-13/h3-9,16,21H,10H2,1-2H3,(H2,19,20,22). The van der Waals surface area contributed by atoms with Gasteiger partial charge in [0.15, 0.2) is 0 Å². The van der Waals surface area contributed by atoms with Crippen LogP contribution < -0.4 is 10.6 Å². The Morgan fingerprint density at radius 2 is 1.91 bits per heavy atom. The molecule has 0 radical (unpaired) electrons. The lowest BCUT2D eigenvalue weighted by Crippen LogP contribution is -2.32. The van der Waals surface area contributed by atoms with Crippen molar-refractivity contribution >= 4 is 11.7 Å². The maximum absolute atomic E-state index is 13.4. The van der Waals surface area contributed by atoms with Crippen LogP contribution in [-0.2, 0) is 0 Å². The normalized spacial score (nSPS) is 11.8. The Morgan fingerprint density at radius 3 is 2.59 bits per heavy atom. The molecule has 0 spiro atoms. The Kier molecular flexibility index (Phi) is 5.12. The Morgan fingerprint density at radius 1 is 1.18 bits per heavy atom. The lowest BCUT2D eigenvalue weighted by atomic mass is 10.0. The molecule has 4 nitrogen and oxygen atoms in total. The highest BCUT2D eigenvalue weighted by atomic mass is 19.1. The highest BCUT2D eigenvalue weighted by molar-refractivity contribution is 5.89. The van der Waals surface area contributed by atoms with E-state index in [0.717, 1.165) is 11.1 Å². The molecule has 1 atom stereocenters. The minimum absolute atomic E-state index is 0.0744. The quantitative estimate of drug-likeness (QED) is 0.811. The summed E-state index contributed by atoms with van der Waals surface area (Å²) >= 11 is 0. The molecule has 22 heavy (non-hydrogen) atoms. The van der Waals surface area contributed by atoms with Crippen molar-refractivity contribution in [3.05, 3.63) is 65.0 Å². The third kappa shape index (κ3) is 4.05. The summed E-state index contributed by atoms with van der Waals surface area (Å²) < 4.78 is 13.4. The first kappa shape index (κ1) is 16.0. The molecule has 2 rings (SSSR count). The van der Waals surface area contributed by atoms with Gasteiger partial charge in [-0.3, -0.25) is 0 Å². The van der Waals surface area contributed by atoms with Crippen LogP contribution in [0.1, 0.15) is 22.8 Å². The third-order valence-electron chi connectivity index (χ3n) is 3.43. The minimum atomic E-state index is -0.790. The highest BCUT2D eigenvalue weighted by Crippen LogP contribution is 2.16. The zero-order chi connectivity index (χ0) is 16.1. The van der Waals surface area contributed by atoms with E-state index in [2.05, 4.69) is 10.6 Å². The molecule has 0 aliphatic rings. The van der Waals surface area contributed by atoms with Gasteiger partial charge < -0.3 is 15.7 Å². The minimum Gasteiger partial charge on any atom is -0.387 e. The number of aliphatic hydroxyl groups excluding tert-OH is 1. The third-order valence-corrected chi connectivity index (χ3v) is 3.43. The van der Waals surface area contributed by atoms with Gasteiger partial charge in [0.05, 0.1) is 6.10 Å². The summed E-state index contributed by atoms with van der Waals surface area (Å²) in [7, 11) is 0. The molecule has 0 saturated carbocycles. The van der Waals surface area contributed by atoms with E-state index in [4.69, 9.17) is 0 Å². The fraction of sp³-hybridized carbons (Fsp3) is 0.235. The second-order valence-corrected chi connectivity index (χ2v) is 5.17. The Hall–Kier alpha value is -2.40. The Labute approximate surface area is 129 Å². The molecule has 0 fully saturated rings. The molecule has 3 N–H and O–H groups in total. The number of carbonyl (C=O) groups excluding carboxylic acids is 1. The maximum atomic E-state index is 13.4. The summed E-state index contributed by atoms with van der Waals surface area (Å²) in [5, 5.41) is 15.2. The summed E-state index contributed by atoms with van der Waals surface area (Å²) in [6.45, 7) is 3.62. The molecule has 0 bridgehead atoms. The van der Waals surface area contributed by atoms with E-state index in [-0.39, 0.29) is 12.4 Å². The van der Waals surface area contributed by atoms with Crippen LogP contribution in [0.3, 0.4) is 0 Å². The zero-order valence-corrected chi connectivity index (χ0v) is 12.6. The summed E-state index contributed by atoms with van der Waals surface area (Å²) in [4.78, 5) is 11.8. The van der Waals surface area contributed by atoms with E-state index < -0.39 is 12.1 Å². The number of carbonyl (C=O) groups is 1. The molecular weight excluding hydrogens is 283 g/mol. The van der Waals surface area contributed by atoms with Crippen LogP contribution in [0.2, 0.25) is 0 Å². The number of aryl methyl sites for hydroxylation is 2. The number of benzene rings is 2. The number of aliphatic hydroxyl groups is 1. The Bertz CT molecular complexity index is 673. The number of hydrogen-bond acceptors (Lipinski definition) is 2. The molecular formula is C17H19FN2O2. The lowest BCUT2D eigenvalue weighted by molar-refractivity contribution is 0.174. The van der Waals surface area contributed by atoms with Gasteiger partial charge in [-0.05, 0) is 42.7 Å². The molecule has 0 heterocycles. The number of rotatable bonds is 4. The van der Waals surface area contributed by atoms with Gasteiger partial charge in [0.1, 0.15) is 5.82 Å². The highest BCUT2D eigenvalue weighted by Gasteiger charge is 2.11. The van der Waals surface area contributed by atoms with Gasteiger partial charge in [-0.1, -0.05) is 30.3 Å². The number of halogens is 1. The maximum Gasteiger partial charge on any atom is 0.319 e. The van der Waals surface area contributed by atoms with Crippen molar-refractivity contribution in [1.29, 1.82) is 0 Å². The average molecular weight is 302 g/mol. The van der Waals surface area contributed by atoms with Gasteiger partial charge in [0, 0.05) is 12.2 Å². The summed E-state index contributed by atoms with van der Waals surface area (Å²) in [5.74, 6) is -0.377. The summed E-state index contributed by atoms with van der Waals surface area (Å²) in [5.41, 5.74) is 2.61. The van der Waals surface area contributed by atoms with Crippen molar-refractivity contribution in [2.75, 3.05) is 11.9 Å². The lowest BCUT2D eigenvalue weighted by Gasteiger charge is -2.15. The van der Waals surface area contributed by atoms with Crippen molar-refractivity contribution in [2.24, 2.45) is 0 Å². The van der Waals surface area contributed by atoms with Crippen molar-refractivity contribution in [3.8, 4) is 0 Å². The van der Waals surface area contributed by atoms with Crippen LogP contribution in [0.15, 0.2) is 42.5 Å². The van der Waals surface area contributed by atoms with E-state index >= 15 is 0 Å². The number of amides is 2. The number of hydrogen-bond donors (Lipinski definition) is 3. The van der Waals surface area contributed by atoms with E-state index in [1.807, 2.05) is 31.2 Å². The molecule has 2 amide bonds. The van der Waals surface area contributed by atoms with Gasteiger partial charge >= 0.3 is 6.03 Å². The van der Waals surface area contributed by atoms with Crippen molar-refractivity contribution < 1.29 is 14.3 Å². The SMILES string of the molecule is Cc1ccc(NC(=O)NCC(O)c2ccccc2C)cc1F. The average Bonchev–Trinajstić information content (AvgIpc) is 2.49. The molecule has 5 heteroatoms. The van der Waals surface area contributed by atoms with Crippen molar-refractivity contribution in [3.63, 3.8) is 0 Å². The first-order valence-corrected chi connectivity index (χ1v) is 7.02. The van der Waals surface area contributed by atoms with E-state index in [9.17, 15) is 14.3 Å². The second kappa shape index (κ2) is 7.04. The van der Waals surface area contributed by atoms with Crippen LogP contribution in [0.25, 0.3) is 0 Å². The van der Waals surface area contributed by atoms with Crippen LogP contribution in [0, 0.1) is 19.7 Å². The van der Waals surface area contributed by atoms with E-state index in [1.54, 1.807) is 19.1 Å². The summed E-state index contributed by atoms with van der Waals surface area (Å²) in [6, 6.07) is 11.4. The molecule has 0 aliphatic carbocycles. The molecule has 0 aliphatic heterocycles. The Balaban J connectivity index is 1.90. The fourth-order valence-corrected chi connectivity index (χ4v) is 2.11. The summed E-state index contributed by atoms with van der Waals surface area (Å²) in [6.07, 6.45) is -0.790. The van der Waals surface area contributed by atoms with Gasteiger partial charge in [-0.15, -0.1) is 0 Å². The molecule has 116 valence electrons. The van der Waals surface area contributed by atoms with Gasteiger partial charge in [-0.2, -0.15) is 0 Å². The molecule has 2 aromatic carbocycles. The first-order chi connectivity index (χ1) is 10.5. The van der Waals surface area contributed by atoms with Crippen molar-refractivity contribution in [1.82, 2.24) is 5.32 Å². The largest absolute Gasteiger partial charge is 0.387 e. The fourth-order valence-electron chi connectivity index (χ4n) is 2.11. The number of anilines is 1. The van der Waals surface area contributed by atoms with Crippen molar-refractivity contribution in [2.45, 2.75) is 20.0 Å². The van der Waals surface area contributed by atoms with E-state index in [1.165, 1.54) is 6.07 Å². The van der Waals surface area contributed by atoms with Gasteiger partial charge in [0.2, 0.25) is 0 Å². The number of nitrogens with one attached hydrogen (secondary N) is 2. The molecule has 1 unspecified atom stereocenters. The predicted octanol–water partition coefficient (Wildman–Crippen LogP) is 3.30. The predicted molar refractivity (Wildman–Crippen MR) is 84.3 cm³/mol. The van der Waals surface area contributed by atoms with E-state index in [0.29, 0.717) is 11.3 Å². The molecule has 2 aromatic rings. The molecule has 0 aromatic heterocycles. The zero-order valence-electron chi connectivity index (χ0n) is 12.6.